The number of aromatic nitrogens is 2. The van der Waals surface area contributed by atoms with E-state index in [-0.39, 0.29) is 5.56 Å². The molecule has 50 valence electrons. The van der Waals surface area contributed by atoms with Gasteiger partial charge in [0.05, 0.1) is 0 Å². The van der Waals surface area contributed by atoms with Gasteiger partial charge in [0.1, 0.15) is 6.61 Å². The second kappa shape index (κ2) is 2.39. The average Bonchev–Trinajstić information content (AvgIpc) is 2.18. The maximum atomic E-state index is 10.6. The lowest BCUT2D eigenvalue weighted by Crippen LogP contribution is -2.23. The Labute approximate surface area is 52.0 Å². The van der Waals surface area contributed by atoms with Crippen LogP contribution in [0.4, 0.5) is 0 Å². The van der Waals surface area contributed by atoms with E-state index in [1.807, 2.05) is 6.92 Å². The molecule has 1 N–H and O–H groups in total. The molecule has 0 aliphatic rings. The molecule has 4 heteroatoms. The van der Waals surface area contributed by atoms with Crippen molar-refractivity contribution in [3.8, 4) is 0 Å². The molecule has 0 aliphatic heterocycles. The number of aromatic amines is 1. The first-order valence-corrected chi connectivity index (χ1v) is 2.74. The van der Waals surface area contributed by atoms with Gasteiger partial charge in [0, 0.05) is 12.3 Å². The SMILES string of the molecule is CCOn1[nH]ccc1=O. The van der Waals surface area contributed by atoms with Crippen LogP contribution in [0.5, 0.6) is 0 Å². The Balaban J connectivity index is 2.81. The van der Waals surface area contributed by atoms with E-state index in [0.717, 1.165) is 4.85 Å². The standard InChI is InChI=1S/C5H8N2O2/c1-2-9-7-5(8)3-4-6-7/h3-4,6H,2H2,1H3. The quantitative estimate of drug-likeness (QED) is 0.590. The summed E-state index contributed by atoms with van der Waals surface area (Å²) in [5.74, 6) is 0. The third kappa shape index (κ3) is 1.13. The molecular weight excluding hydrogens is 120 g/mol. The molecule has 1 aromatic heterocycles. The molecule has 1 heterocycles. The predicted molar refractivity (Wildman–Crippen MR) is 32.2 cm³/mol. The smallest absolute Gasteiger partial charge is 0.302 e. The molecule has 4 nitrogen and oxygen atoms in total. The summed E-state index contributed by atoms with van der Waals surface area (Å²) in [6, 6.07) is 1.40. The van der Waals surface area contributed by atoms with Crippen LogP contribution in [0.3, 0.4) is 0 Å². The van der Waals surface area contributed by atoms with Gasteiger partial charge in [0.15, 0.2) is 0 Å². The minimum Gasteiger partial charge on any atom is -0.395 e. The van der Waals surface area contributed by atoms with Gasteiger partial charge in [-0.3, -0.25) is 9.89 Å². The maximum absolute atomic E-state index is 10.6. The highest BCUT2D eigenvalue weighted by molar-refractivity contribution is 4.77. The first-order chi connectivity index (χ1) is 4.34. The van der Waals surface area contributed by atoms with E-state index < -0.39 is 0 Å². The summed E-state index contributed by atoms with van der Waals surface area (Å²) < 4.78 is 0. The van der Waals surface area contributed by atoms with Gasteiger partial charge in [-0.05, 0) is 6.92 Å². The van der Waals surface area contributed by atoms with E-state index in [1.165, 1.54) is 12.3 Å². The van der Waals surface area contributed by atoms with E-state index in [0.29, 0.717) is 6.61 Å². The van der Waals surface area contributed by atoms with E-state index in [9.17, 15) is 4.79 Å². The Kier molecular flexibility index (Phi) is 1.58. The normalized spacial score (nSPS) is 9.44. The van der Waals surface area contributed by atoms with Gasteiger partial charge in [0.25, 0.3) is 0 Å². The molecule has 0 unspecified atom stereocenters. The number of hydrogen-bond donors (Lipinski definition) is 1. The second-order valence-corrected chi connectivity index (χ2v) is 1.51. The molecule has 1 aromatic rings. The third-order valence-electron chi connectivity index (χ3n) is 0.876. The predicted octanol–water partition coefficient (Wildman–Crippen LogP) is -0.375. The molecule has 0 bridgehead atoms. The van der Waals surface area contributed by atoms with Gasteiger partial charge in [-0.15, -0.1) is 0 Å². The van der Waals surface area contributed by atoms with Crippen molar-refractivity contribution in [2.75, 3.05) is 6.61 Å². The number of hydrogen-bond acceptors (Lipinski definition) is 2. The first kappa shape index (κ1) is 5.94. The van der Waals surface area contributed by atoms with Gasteiger partial charge < -0.3 is 4.84 Å². The summed E-state index contributed by atoms with van der Waals surface area (Å²) in [6.45, 7) is 2.30. The minimum absolute atomic E-state index is 0.170. The Morgan fingerprint density at radius 2 is 2.67 bits per heavy atom. The summed E-state index contributed by atoms with van der Waals surface area (Å²) in [5, 5.41) is 2.59. The Hall–Kier alpha value is -1.19. The summed E-state index contributed by atoms with van der Waals surface area (Å²) >= 11 is 0. The number of H-pyrrole nitrogens is 1. The van der Waals surface area contributed by atoms with Crippen LogP contribution in [0.1, 0.15) is 6.92 Å². The lowest BCUT2D eigenvalue weighted by atomic mass is 10.7. The Morgan fingerprint density at radius 1 is 1.89 bits per heavy atom. The van der Waals surface area contributed by atoms with E-state index in [2.05, 4.69) is 5.10 Å². The third-order valence-corrected chi connectivity index (χ3v) is 0.876. The van der Waals surface area contributed by atoms with Crippen molar-refractivity contribution in [3.63, 3.8) is 0 Å². The van der Waals surface area contributed by atoms with Crippen LogP contribution in [0.15, 0.2) is 17.1 Å². The summed E-state index contributed by atoms with van der Waals surface area (Å²) in [4.78, 5) is 16.5. The lowest BCUT2D eigenvalue weighted by Gasteiger charge is -1.97. The van der Waals surface area contributed by atoms with Crippen LogP contribution in [0, 0.1) is 0 Å². The second-order valence-electron chi connectivity index (χ2n) is 1.51. The van der Waals surface area contributed by atoms with Gasteiger partial charge in [0.2, 0.25) is 0 Å². The molecule has 0 spiro atoms. The zero-order valence-electron chi connectivity index (χ0n) is 5.13. The zero-order valence-corrected chi connectivity index (χ0v) is 5.13. The molecular formula is C5H8N2O2. The highest BCUT2D eigenvalue weighted by Crippen LogP contribution is 1.67. The lowest BCUT2D eigenvalue weighted by molar-refractivity contribution is 0.0857. The molecule has 0 saturated carbocycles. The number of nitrogens with zero attached hydrogens (tertiary/aromatic N) is 1. The average molecular weight is 128 g/mol. The van der Waals surface area contributed by atoms with Crippen LogP contribution in [0.2, 0.25) is 0 Å². The topological polar surface area (TPSA) is 47.0 Å². The van der Waals surface area contributed by atoms with E-state index >= 15 is 0 Å². The highest BCUT2D eigenvalue weighted by atomic mass is 16.7. The summed E-state index contributed by atoms with van der Waals surface area (Å²) in [6.07, 6.45) is 1.53. The monoisotopic (exact) mass is 128 g/mol. The van der Waals surface area contributed by atoms with Crippen molar-refractivity contribution < 1.29 is 4.84 Å². The van der Waals surface area contributed by atoms with Crippen LogP contribution in [-0.4, -0.2) is 16.6 Å². The fourth-order valence-electron chi connectivity index (χ4n) is 0.538. The minimum atomic E-state index is -0.170. The Bertz CT molecular complexity index is 225. The molecule has 1 rings (SSSR count). The van der Waals surface area contributed by atoms with Crippen molar-refractivity contribution >= 4 is 0 Å². The van der Waals surface area contributed by atoms with Gasteiger partial charge in [-0.2, -0.15) is 0 Å². The van der Waals surface area contributed by atoms with Crippen LogP contribution >= 0.6 is 0 Å². The summed E-state index contributed by atoms with van der Waals surface area (Å²) in [5.41, 5.74) is -0.170. The van der Waals surface area contributed by atoms with Gasteiger partial charge in [-0.1, -0.05) is 4.85 Å². The number of nitrogens with one attached hydrogen (secondary N) is 1. The Morgan fingerprint density at radius 3 is 3.11 bits per heavy atom. The largest absolute Gasteiger partial charge is 0.395 e. The van der Waals surface area contributed by atoms with Crippen molar-refractivity contribution in [3.05, 3.63) is 22.6 Å². The number of rotatable bonds is 2. The molecule has 0 radical (unpaired) electrons. The van der Waals surface area contributed by atoms with E-state index in [4.69, 9.17) is 4.84 Å². The fourth-order valence-corrected chi connectivity index (χ4v) is 0.538. The molecule has 0 amide bonds. The molecule has 0 saturated heterocycles. The molecule has 0 atom stereocenters. The van der Waals surface area contributed by atoms with Crippen molar-refractivity contribution in [2.45, 2.75) is 6.92 Å². The maximum Gasteiger partial charge on any atom is 0.302 e. The first-order valence-electron chi connectivity index (χ1n) is 2.74. The van der Waals surface area contributed by atoms with Crippen molar-refractivity contribution in [1.29, 1.82) is 0 Å². The molecule has 0 aromatic carbocycles. The van der Waals surface area contributed by atoms with Crippen LogP contribution in [0.25, 0.3) is 0 Å². The van der Waals surface area contributed by atoms with Crippen LogP contribution in [-0.2, 0) is 0 Å². The fraction of sp³-hybridized carbons (Fsp3) is 0.400. The van der Waals surface area contributed by atoms with Gasteiger partial charge >= 0.3 is 5.56 Å². The molecule has 0 aliphatic carbocycles. The molecule has 9 heavy (non-hydrogen) atoms. The zero-order chi connectivity index (χ0) is 6.69. The van der Waals surface area contributed by atoms with Crippen molar-refractivity contribution in [1.82, 2.24) is 9.94 Å². The van der Waals surface area contributed by atoms with Gasteiger partial charge in [-0.25, -0.2) is 0 Å². The summed E-state index contributed by atoms with van der Waals surface area (Å²) in [7, 11) is 0. The molecule has 0 fully saturated rings. The highest BCUT2D eigenvalue weighted by Gasteiger charge is 1.90. The van der Waals surface area contributed by atoms with Crippen molar-refractivity contribution in [2.24, 2.45) is 0 Å². The van der Waals surface area contributed by atoms with E-state index in [1.54, 1.807) is 0 Å². The van der Waals surface area contributed by atoms with Crippen LogP contribution < -0.4 is 10.4 Å².